The number of nitrogens with one attached hydrogen (secondary N) is 4. The molecule has 8 heteroatoms. The van der Waals surface area contributed by atoms with Gasteiger partial charge in [-0.25, -0.2) is 15.0 Å². The lowest BCUT2D eigenvalue weighted by Crippen LogP contribution is -2.36. The highest BCUT2D eigenvalue weighted by molar-refractivity contribution is 6.16. The summed E-state index contributed by atoms with van der Waals surface area (Å²) in [5.41, 5.74) is 8.36. The van der Waals surface area contributed by atoms with E-state index >= 15 is 0 Å². The summed E-state index contributed by atoms with van der Waals surface area (Å²) in [5, 5.41) is 16.4. The number of rotatable bonds is 4. The van der Waals surface area contributed by atoms with Gasteiger partial charge in [-0.2, -0.15) is 0 Å². The average Bonchev–Trinajstić information content (AvgIpc) is 3.10. The Labute approximate surface area is 144 Å². The largest absolute Gasteiger partial charge is 0.383 e. The number of anilines is 2. The van der Waals surface area contributed by atoms with Crippen LogP contribution in [0.3, 0.4) is 0 Å². The average molecular weight is 336 g/mol. The van der Waals surface area contributed by atoms with Gasteiger partial charge in [0.05, 0.1) is 11.3 Å². The van der Waals surface area contributed by atoms with Gasteiger partial charge in [0.2, 0.25) is 0 Å². The number of aromatic amines is 1. The summed E-state index contributed by atoms with van der Waals surface area (Å²) in [5.74, 6) is 0.907. The van der Waals surface area contributed by atoms with Crippen molar-refractivity contribution in [3.8, 4) is 0 Å². The van der Waals surface area contributed by atoms with E-state index < -0.39 is 0 Å². The van der Waals surface area contributed by atoms with E-state index in [9.17, 15) is 0 Å². The van der Waals surface area contributed by atoms with Gasteiger partial charge in [0.15, 0.2) is 0 Å². The number of pyridine rings is 1. The van der Waals surface area contributed by atoms with Crippen molar-refractivity contribution in [2.75, 3.05) is 24.1 Å². The molecule has 0 aromatic carbocycles. The molecule has 1 aliphatic heterocycles. The van der Waals surface area contributed by atoms with Crippen LogP contribution in [0, 0.1) is 5.41 Å². The molecule has 0 atom stereocenters. The standard InChI is InChI=1S/C17H20N8/c18-14(11-7-10-1-6-21-16(10)22-8-11)13-15(19)23-9-24-17(13)25-12-2-4-20-5-3-12/h1,6-9,12,18,20H,2-5H2,(H,21,22)(H3,19,23,24,25). The smallest absolute Gasteiger partial charge is 0.141 e. The highest BCUT2D eigenvalue weighted by Gasteiger charge is 2.20. The molecule has 0 unspecified atom stereocenters. The first-order valence-electron chi connectivity index (χ1n) is 8.32. The zero-order chi connectivity index (χ0) is 17.2. The van der Waals surface area contributed by atoms with Gasteiger partial charge >= 0.3 is 0 Å². The predicted octanol–water partition coefficient (Wildman–Crippen LogP) is 1.52. The normalized spacial score (nSPS) is 15.4. The lowest BCUT2D eigenvalue weighted by atomic mass is 10.0. The molecule has 0 saturated carbocycles. The van der Waals surface area contributed by atoms with Crippen molar-refractivity contribution in [2.24, 2.45) is 0 Å². The topological polar surface area (TPSA) is 128 Å². The predicted molar refractivity (Wildman–Crippen MR) is 98.0 cm³/mol. The first kappa shape index (κ1) is 15.5. The van der Waals surface area contributed by atoms with Crippen LogP contribution in [-0.2, 0) is 0 Å². The number of aromatic nitrogens is 4. The zero-order valence-corrected chi connectivity index (χ0v) is 13.7. The van der Waals surface area contributed by atoms with E-state index in [0.29, 0.717) is 28.8 Å². The third kappa shape index (κ3) is 3.03. The summed E-state index contributed by atoms with van der Waals surface area (Å²) < 4.78 is 0. The minimum atomic E-state index is 0.269. The highest BCUT2D eigenvalue weighted by atomic mass is 15.1. The van der Waals surface area contributed by atoms with Gasteiger partial charge in [0.25, 0.3) is 0 Å². The molecule has 3 aromatic heterocycles. The van der Waals surface area contributed by atoms with Crippen LogP contribution in [0.2, 0.25) is 0 Å². The van der Waals surface area contributed by atoms with Crippen molar-refractivity contribution in [3.05, 3.63) is 42.0 Å². The second kappa shape index (κ2) is 6.48. The number of hydrogen-bond donors (Lipinski definition) is 5. The van der Waals surface area contributed by atoms with Crippen molar-refractivity contribution in [1.29, 1.82) is 5.41 Å². The Morgan fingerprint density at radius 2 is 2.08 bits per heavy atom. The number of fused-ring (bicyclic) bond motifs is 1. The summed E-state index contributed by atoms with van der Waals surface area (Å²) >= 11 is 0. The second-order valence-corrected chi connectivity index (χ2v) is 6.17. The SMILES string of the molecule is N=C(c1cnc2[nH]ccc2c1)c1c(N)ncnc1NC1CCNCC1. The van der Waals surface area contributed by atoms with Gasteiger partial charge in [0.1, 0.15) is 23.6 Å². The Hall–Kier alpha value is -3.00. The summed E-state index contributed by atoms with van der Waals surface area (Å²) in [4.78, 5) is 15.8. The van der Waals surface area contributed by atoms with Crippen molar-refractivity contribution in [1.82, 2.24) is 25.3 Å². The minimum Gasteiger partial charge on any atom is -0.383 e. The molecule has 4 heterocycles. The maximum Gasteiger partial charge on any atom is 0.141 e. The van der Waals surface area contributed by atoms with Crippen LogP contribution in [-0.4, -0.2) is 44.8 Å². The zero-order valence-electron chi connectivity index (χ0n) is 13.7. The Kier molecular flexibility index (Phi) is 4.02. The molecular weight excluding hydrogens is 316 g/mol. The van der Waals surface area contributed by atoms with Crippen molar-refractivity contribution in [2.45, 2.75) is 18.9 Å². The monoisotopic (exact) mass is 336 g/mol. The molecule has 6 N–H and O–H groups in total. The molecule has 1 saturated heterocycles. The number of nitrogen functional groups attached to an aromatic ring is 1. The van der Waals surface area contributed by atoms with Crippen LogP contribution in [0.15, 0.2) is 30.9 Å². The molecule has 25 heavy (non-hydrogen) atoms. The Bertz CT molecular complexity index is 910. The number of H-pyrrole nitrogens is 1. The molecule has 8 nitrogen and oxygen atoms in total. The van der Waals surface area contributed by atoms with Gasteiger partial charge in [-0.1, -0.05) is 0 Å². The van der Waals surface area contributed by atoms with Gasteiger partial charge in [-0.05, 0) is 38.1 Å². The summed E-state index contributed by atoms with van der Waals surface area (Å²) in [6.45, 7) is 1.94. The minimum absolute atomic E-state index is 0.269. The van der Waals surface area contributed by atoms with Crippen molar-refractivity contribution >= 4 is 28.4 Å². The van der Waals surface area contributed by atoms with E-state index in [1.807, 2.05) is 18.3 Å². The maximum absolute atomic E-state index is 8.64. The van der Waals surface area contributed by atoms with E-state index in [-0.39, 0.29) is 5.71 Å². The fourth-order valence-electron chi connectivity index (χ4n) is 3.14. The summed E-state index contributed by atoms with van der Waals surface area (Å²) in [7, 11) is 0. The first-order chi connectivity index (χ1) is 12.2. The fraction of sp³-hybridized carbons (Fsp3) is 0.294. The molecule has 4 rings (SSSR count). The van der Waals surface area contributed by atoms with Crippen LogP contribution in [0.4, 0.5) is 11.6 Å². The molecule has 0 aliphatic carbocycles. The van der Waals surface area contributed by atoms with E-state index in [4.69, 9.17) is 11.1 Å². The molecule has 0 bridgehead atoms. The van der Waals surface area contributed by atoms with Gasteiger partial charge < -0.3 is 21.4 Å². The fourth-order valence-corrected chi connectivity index (χ4v) is 3.14. The van der Waals surface area contributed by atoms with E-state index in [0.717, 1.165) is 37.0 Å². The quantitative estimate of drug-likeness (QED) is 0.459. The second-order valence-electron chi connectivity index (χ2n) is 6.17. The van der Waals surface area contributed by atoms with E-state index in [2.05, 4.69) is 30.6 Å². The number of nitrogens with zero attached hydrogens (tertiary/aromatic N) is 3. The Morgan fingerprint density at radius 3 is 2.92 bits per heavy atom. The molecule has 0 spiro atoms. The number of piperidine rings is 1. The molecule has 3 aromatic rings. The number of nitrogens with two attached hydrogens (primary N) is 1. The highest BCUT2D eigenvalue weighted by Crippen LogP contribution is 2.24. The maximum atomic E-state index is 8.64. The molecular formula is C17H20N8. The van der Waals surface area contributed by atoms with E-state index in [1.54, 1.807) is 6.20 Å². The first-order valence-corrected chi connectivity index (χ1v) is 8.32. The van der Waals surface area contributed by atoms with Crippen LogP contribution in [0.5, 0.6) is 0 Å². The number of hydrogen-bond acceptors (Lipinski definition) is 7. The van der Waals surface area contributed by atoms with Gasteiger partial charge in [0, 0.05) is 29.4 Å². The molecule has 0 amide bonds. The van der Waals surface area contributed by atoms with Crippen LogP contribution in [0.1, 0.15) is 24.0 Å². The summed E-state index contributed by atoms with van der Waals surface area (Å²) in [6, 6.07) is 4.16. The Balaban J connectivity index is 1.69. The van der Waals surface area contributed by atoms with Crippen LogP contribution < -0.4 is 16.4 Å². The molecule has 128 valence electrons. The Morgan fingerprint density at radius 1 is 1.24 bits per heavy atom. The molecule has 1 aliphatic rings. The van der Waals surface area contributed by atoms with Crippen molar-refractivity contribution < 1.29 is 0 Å². The van der Waals surface area contributed by atoms with Crippen molar-refractivity contribution in [3.63, 3.8) is 0 Å². The van der Waals surface area contributed by atoms with Crippen LogP contribution in [0.25, 0.3) is 11.0 Å². The van der Waals surface area contributed by atoms with Gasteiger partial charge in [-0.15, -0.1) is 0 Å². The molecule has 1 fully saturated rings. The lowest BCUT2D eigenvalue weighted by molar-refractivity contribution is 0.478. The molecule has 0 radical (unpaired) electrons. The van der Waals surface area contributed by atoms with E-state index in [1.165, 1.54) is 6.33 Å². The summed E-state index contributed by atoms with van der Waals surface area (Å²) in [6.07, 6.45) is 6.95. The van der Waals surface area contributed by atoms with Gasteiger partial charge in [-0.3, -0.25) is 5.41 Å². The third-order valence-electron chi connectivity index (χ3n) is 4.50. The van der Waals surface area contributed by atoms with Crippen LogP contribution >= 0.6 is 0 Å². The third-order valence-corrected chi connectivity index (χ3v) is 4.50. The lowest BCUT2D eigenvalue weighted by Gasteiger charge is -2.25.